The minimum atomic E-state index is -0.340. The zero-order chi connectivity index (χ0) is 20.8. The van der Waals surface area contributed by atoms with Crippen molar-refractivity contribution in [2.75, 3.05) is 31.5 Å². The van der Waals surface area contributed by atoms with Gasteiger partial charge in [-0.05, 0) is 24.6 Å². The Labute approximate surface area is 170 Å². The quantitative estimate of drug-likeness (QED) is 0.661. The van der Waals surface area contributed by atoms with E-state index in [1.165, 1.54) is 7.11 Å². The molecule has 3 rings (SSSR count). The Morgan fingerprint density at radius 1 is 1.03 bits per heavy atom. The van der Waals surface area contributed by atoms with Gasteiger partial charge in [-0.2, -0.15) is 0 Å². The fraction of sp³-hybridized carbons (Fsp3) is 0.227. The number of carbonyl (C=O) groups is 1. The summed E-state index contributed by atoms with van der Waals surface area (Å²) in [4.78, 5) is 23.6. The van der Waals surface area contributed by atoms with Crippen molar-refractivity contribution in [3.63, 3.8) is 0 Å². The fourth-order valence-electron chi connectivity index (χ4n) is 2.89. The van der Waals surface area contributed by atoms with Gasteiger partial charge in [-0.25, -0.2) is 9.97 Å². The maximum atomic E-state index is 12.8. The molecule has 0 spiro atoms. The van der Waals surface area contributed by atoms with Crippen LogP contribution in [0, 0.1) is 6.92 Å². The third-order valence-corrected chi connectivity index (χ3v) is 4.37. The molecule has 0 saturated heterocycles. The van der Waals surface area contributed by atoms with Crippen LogP contribution >= 0.6 is 0 Å². The van der Waals surface area contributed by atoms with Crippen LogP contribution in [0.2, 0.25) is 0 Å². The van der Waals surface area contributed by atoms with Crippen LogP contribution < -0.4 is 19.7 Å². The van der Waals surface area contributed by atoms with Gasteiger partial charge in [-0.15, -0.1) is 0 Å². The lowest BCUT2D eigenvalue weighted by atomic mass is 10.2. The topological polar surface area (TPSA) is 76.6 Å². The highest BCUT2D eigenvalue weighted by Gasteiger charge is 2.15. The number of hydrogen-bond acceptors (Lipinski definition) is 6. The molecular weight excluding hydrogens is 368 g/mol. The fourth-order valence-corrected chi connectivity index (χ4v) is 2.89. The van der Waals surface area contributed by atoms with E-state index in [1.54, 1.807) is 38.3 Å². The molecular formula is C22H24N4O3. The summed E-state index contributed by atoms with van der Waals surface area (Å²) in [5.74, 6) is 2.00. The van der Waals surface area contributed by atoms with Gasteiger partial charge in [0.25, 0.3) is 5.91 Å². The van der Waals surface area contributed by atoms with E-state index < -0.39 is 0 Å². The molecule has 2 aromatic carbocycles. The van der Waals surface area contributed by atoms with Crippen LogP contribution in [0.3, 0.4) is 0 Å². The number of aryl methyl sites for hydroxylation is 1. The Kier molecular flexibility index (Phi) is 6.29. The summed E-state index contributed by atoms with van der Waals surface area (Å²) in [6.07, 6.45) is 0. The van der Waals surface area contributed by atoms with Crippen LogP contribution in [-0.4, -0.2) is 37.1 Å². The molecule has 0 saturated carbocycles. The molecule has 0 atom stereocenters. The average Bonchev–Trinajstić information content (AvgIpc) is 2.74. The van der Waals surface area contributed by atoms with Gasteiger partial charge in [0, 0.05) is 25.7 Å². The monoisotopic (exact) mass is 392 g/mol. The molecule has 3 aromatic rings. The predicted molar refractivity (Wildman–Crippen MR) is 113 cm³/mol. The maximum absolute atomic E-state index is 12.8. The van der Waals surface area contributed by atoms with Crippen LogP contribution in [0.1, 0.15) is 21.9 Å². The lowest BCUT2D eigenvalue weighted by Gasteiger charge is -2.19. The predicted octanol–water partition coefficient (Wildman–Crippen LogP) is 3.69. The number of nitrogens with zero attached hydrogens (tertiary/aromatic N) is 3. The summed E-state index contributed by atoms with van der Waals surface area (Å²) in [6.45, 7) is 2.44. The smallest absolute Gasteiger partial charge is 0.274 e. The summed E-state index contributed by atoms with van der Waals surface area (Å²) >= 11 is 0. The number of methoxy groups -OCH3 is 2. The average molecular weight is 392 g/mol. The largest absolute Gasteiger partial charge is 0.497 e. The van der Waals surface area contributed by atoms with Crippen LogP contribution in [0.25, 0.3) is 0 Å². The van der Waals surface area contributed by atoms with Gasteiger partial charge in [0.05, 0.1) is 19.9 Å². The summed E-state index contributed by atoms with van der Waals surface area (Å²) in [5, 5.41) is 2.84. The maximum Gasteiger partial charge on any atom is 0.274 e. The lowest BCUT2D eigenvalue weighted by Crippen LogP contribution is -2.21. The first-order valence-corrected chi connectivity index (χ1v) is 9.14. The molecule has 150 valence electrons. The van der Waals surface area contributed by atoms with Crippen molar-refractivity contribution in [2.45, 2.75) is 13.5 Å². The SMILES string of the molecule is COc1ccc(NC(=O)c2cc(N(C)Cc3ccccc3)nc(C)n2)c(OC)c1. The number of hydrogen-bond donors (Lipinski definition) is 1. The van der Waals surface area contributed by atoms with E-state index in [4.69, 9.17) is 9.47 Å². The molecule has 29 heavy (non-hydrogen) atoms. The zero-order valence-electron chi connectivity index (χ0n) is 17.0. The summed E-state index contributed by atoms with van der Waals surface area (Å²) in [5.41, 5.74) is 1.97. The number of nitrogens with one attached hydrogen (secondary N) is 1. The number of rotatable bonds is 7. The van der Waals surface area contributed by atoms with Gasteiger partial charge in [-0.3, -0.25) is 4.79 Å². The number of benzene rings is 2. The lowest BCUT2D eigenvalue weighted by molar-refractivity contribution is 0.102. The van der Waals surface area contributed by atoms with Gasteiger partial charge in [0.1, 0.15) is 28.8 Å². The molecule has 0 aliphatic carbocycles. The second kappa shape index (κ2) is 9.05. The van der Waals surface area contributed by atoms with Gasteiger partial charge < -0.3 is 19.7 Å². The first kappa shape index (κ1) is 20.1. The molecule has 1 aromatic heterocycles. The van der Waals surface area contributed by atoms with Gasteiger partial charge in [-0.1, -0.05) is 30.3 Å². The number of ether oxygens (including phenoxy) is 2. The number of aromatic nitrogens is 2. The normalized spacial score (nSPS) is 10.3. The highest BCUT2D eigenvalue weighted by Crippen LogP contribution is 2.29. The molecule has 7 nitrogen and oxygen atoms in total. The highest BCUT2D eigenvalue weighted by atomic mass is 16.5. The summed E-state index contributed by atoms with van der Waals surface area (Å²) in [6, 6.07) is 16.9. The van der Waals surface area contributed by atoms with Gasteiger partial charge in [0.15, 0.2) is 0 Å². The standard InChI is InChI=1S/C22H24N4O3/c1-15-23-19(13-21(24-15)26(2)14-16-8-6-5-7-9-16)22(27)25-18-11-10-17(28-3)12-20(18)29-4/h5-13H,14H2,1-4H3,(H,25,27). The zero-order valence-corrected chi connectivity index (χ0v) is 17.0. The van der Waals surface area contributed by atoms with E-state index in [2.05, 4.69) is 15.3 Å². The van der Waals surface area contributed by atoms with Crippen molar-refractivity contribution in [3.8, 4) is 11.5 Å². The second-order valence-corrected chi connectivity index (χ2v) is 6.52. The van der Waals surface area contributed by atoms with Crippen molar-refractivity contribution in [3.05, 3.63) is 71.7 Å². The van der Waals surface area contributed by atoms with E-state index >= 15 is 0 Å². The van der Waals surface area contributed by atoms with Crippen molar-refractivity contribution in [1.82, 2.24) is 9.97 Å². The third-order valence-electron chi connectivity index (χ3n) is 4.37. The van der Waals surface area contributed by atoms with E-state index in [0.29, 0.717) is 35.4 Å². The Balaban J connectivity index is 1.81. The third kappa shape index (κ3) is 5.01. The highest BCUT2D eigenvalue weighted by molar-refractivity contribution is 6.04. The Morgan fingerprint density at radius 2 is 1.79 bits per heavy atom. The van der Waals surface area contributed by atoms with E-state index in [9.17, 15) is 4.79 Å². The number of amides is 1. The molecule has 0 fully saturated rings. The van der Waals surface area contributed by atoms with Crippen LogP contribution in [0.5, 0.6) is 11.5 Å². The van der Waals surface area contributed by atoms with Crippen molar-refractivity contribution in [1.29, 1.82) is 0 Å². The summed E-state index contributed by atoms with van der Waals surface area (Å²) < 4.78 is 10.5. The molecule has 1 amide bonds. The second-order valence-electron chi connectivity index (χ2n) is 6.52. The summed E-state index contributed by atoms with van der Waals surface area (Å²) in [7, 11) is 5.04. The molecule has 1 N–H and O–H groups in total. The minimum absolute atomic E-state index is 0.283. The molecule has 0 unspecified atom stereocenters. The van der Waals surface area contributed by atoms with Crippen molar-refractivity contribution < 1.29 is 14.3 Å². The molecule has 0 aliphatic rings. The number of carbonyl (C=O) groups excluding carboxylic acids is 1. The Bertz CT molecular complexity index is 993. The first-order chi connectivity index (χ1) is 14.0. The molecule has 0 aliphatic heterocycles. The van der Waals surface area contributed by atoms with Crippen LogP contribution in [0.15, 0.2) is 54.6 Å². The van der Waals surface area contributed by atoms with E-state index in [-0.39, 0.29) is 11.6 Å². The molecule has 0 radical (unpaired) electrons. The minimum Gasteiger partial charge on any atom is -0.497 e. The molecule has 0 bridgehead atoms. The van der Waals surface area contributed by atoms with Crippen molar-refractivity contribution >= 4 is 17.4 Å². The van der Waals surface area contributed by atoms with Crippen LogP contribution in [0.4, 0.5) is 11.5 Å². The molecule has 7 heteroatoms. The Hall–Kier alpha value is -3.61. The number of anilines is 2. The van der Waals surface area contributed by atoms with E-state index in [0.717, 1.165) is 5.56 Å². The van der Waals surface area contributed by atoms with E-state index in [1.807, 2.05) is 42.3 Å². The molecule has 1 heterocycles. The van der Waals surface area contributed by atoms with Gasteiger partial charge >= 0.3 is 0 Å². The Morgan fingerprint density at radius 3 is 2.48 bits per heavy atom. The van der Waals surface area contributed by atoms with Crippen molar-refractivity contribution in [2.24, 2.45) is 0 Å². The van der Waals surface area contributed by atoms with Crippen LogP contribution in [-0.2, 0) is 6.54 Å². The first-order valence-electron chi connectivity index (χ1n) is 9.14. The van der Waals surface area contributed by atoms with Gasteiger partial charge in [0.2, 0.25) is 0 Å².